The summed E-state index contributed by atoms with van der Waals surface area (Å²) in [7, 11) is 3.22. The Bertz CT molecular complexity index is 1940. The molecule has 0 aliphatic carbocycles. The van der Waals surface area contributed by atoms with Crippen LogP contribution in [0.1, 0.15) is 89.5 Å². The number of alkyl halides is 1. The molecule has 6 nitrogen and oxygen atoms in total. The first-order valence-electron chi connectivity index (χ1n) is 21.0. The Morgan fingerprint density at radius 3 is 1.48 bits per heavy atom. The van der Waals surface area contributed by atoms with Gasteiger partial charge in [0.05, 0.1) is 13.1 Å². The molecule has 0 unspecified atom stereocenters. The number of benzene rings is 4. The van der Waals surface area contributed by atoms with Crippen molar-refractivity contribution in [1.82, 2.24) is 10.1 Å². The molecule has 0 bridgehead atoms. The van der Waals surface area contributed by atoms with Gasteiger partial charge in [0.15, 0.2) is 0 Å². The molecule has 7 heteroatoms. The quantitative estimate of drug-likeness (QED) is 0.0304. The highest BCUT2D eigenvalue weighted by Crippen LogP contribution is 2.37. The third-order valence-corrected chi connectivity index (χ3v) is 9.59. The number of likely N-dealkylation sites (N-methyl/N-ethyl adjacent to an activating group) is 2. The van der Waals surface area contributed by atoms with Gasteiger partial charge in [0.1, 0.15) is 24.7 Å². The first-order valence-corrected chi connectivity index (χ1v) is 21.6. The number of hydrogen-bond acceptors (Lipinski definition) is 6. The van der Waals surface area contributed by atoms with Crippen molar-refractivity contribution < 1.29 is 19.9 Å². The summed E-state index contributed by atoms with van der Waals surface area (Å²) in [5.41, 5.74) is 12.5. The number of nitrogens with zero attached hydrogens (tertiary/aromatic N) is 2. The highest BCUT2D eigenvalue weighted by Gasteiger charge is 2.15. The van der Waals surface area contributed by atoms with Crippen molar-refractivity contribution in [2.24, 2.45) is 0 Å². The lowest BCUT2D eigenvalue weighted by atomic mass is 9.86. The normalized spacial score (nSPS) is 12.6. The molecule has 0 heterocycles. The first kappa shape index (κ1) is 51.2. The second-order valence-corrected chi connectivity index (χ2v) is 14.4. The zero-order valence-corrected chi connectivity index (χ0v) is 38.1. The van der Waals surface area contributed by atoms with Crippen LogP contribution in [0.2, 0.25) is 0 Å². The van der Waals surface area contributed by atoms with E-state index in [0.29, 0.717) is 32.2 Å². The molecule has 0 fully saturated rings. The molecule has 4 rings (SSSR count). The topological polar surface area (TPSA) is 65.4 Å². The molecule has 0 atom stereocenters. The number of hydroxylamine groups is 4. The molecule has 0 aromatic heterocycles. The molecule has 0 radical (unpaired) electrons. The van der Waals surface area contributed by atoms with Crippen LogP contribution < -0.4 is 9.47 Å². The third-order valence-electron chi connectivity index (χ3n) is 9.40. The lowest BCUT2D eigenvalue weighted by Crippen LogP contribution is -2.20. The maximum Gasteiger partial charge on any atom is 0.119 e. The summed E-state index contributed by atoms with van der Waals surface area (Å²) in [4.78, 5) is 0. The smallest absolute Gasteiger partial charge is 0.119 e. The van der Waals surface area contributed by atoms with Crippen LogP contribution in [0, 0.1) is 0 Å². The van der Waals surface area contributed by atoms with Crippen molar-refractivity contribution in [3.05, 3.63) is 180 Å². The zero-order chi connectivity index (χ0) is 44.1. The minimum absolute atomic E-state index is 0.435. The van der Waals surface area contributed by atoms with Crippen LogP contribution in [-0.2, 0) is 0 Å². The maximum atomic E-state index is 9.26. The third kappa shape index (κ3) is 18.1. The molecule has 4 aromatic carbocycles. The van der Waals surface area contributed by atoms with E-state index in [-0.39, 0.29) is 0 Å². The molecule has 60 heavy (non-hydrogen) atoms. The van der Waals surface area contributed by atoms with Gasteiger partial charge in [-0.15, -0.1) is 18.2 Å². The highest BCUT2D eigenvalue weighted by molar-refractivity contribution is 6.18. The SMILES string of the molecule is C/C=C(C)/C(=C(\CCCl)c1ccccc1)c1ccc(OCCN(C)O)cc1.C=CC.CC\C=C/C=C(CC)/C(=C(\CC)c1ccccc1)c1ccc(OCCN(C)O)cc1. The molecule has 322 valence electrons. The van der Waals surface area contributed by atoms with Gasteiger partial charge in [0, 0.05) is 20.0 Å². The molecule has 2 N–H and O–H groups in total. The fraction of sp³-hybridized carbons (Fsp3) is 0.321. The number of allylic oxidation sites excluding steroid dienone is 11. The average Bonchev–Trinajstić information content (AvgIpc) is 3.26. The van der Waals surface area contributed by atoms with E-state index in [4.69, 9.17) is 21.1 Å². The van der Waals surface area contributed by atoms with Crippen LogP contribution in [-0.4, -0.2) is 66.8 Å². The largest absolute Gasteiger partial charge is 0.492 e. The zero-order valence-electron chi connectivity index (χ0n) is 37.3. The molecule has 0 aliphatic rings. The van der Waals surface area contributed by atoms with E-state index in [2.05, 4.69) is 144 Å². The minimum Gasteiger partial charge on any atom is -0.492 e. The highest BCUT2D eigenvalue weighted by atomic mass is 35.5. The fourth-order valence-electron chi connectivity index (χ4n) is 6.37. The van der Waals surface area contributed by atoms with Crippen molar-refractivity contribution >= 4 is 33.9 Å². The van der Waals surface area contributed by atoms with Gasteiger partial charge >= 0.3 is 0 Å². The molecule has 0 saturated carbocycles. The van der Waals surface area contributed by atoms with Gasteiger partial charge in [-0.3, -0.25) is 0 Å². The van der Waals surface area contributed by atoms with Gasteiger partial charge in [0.2, 0.25) is 0 Å². The lowest BCUT2D eigenvalue weighted by Gasteiger charge is -2.18. The van der Waals surface area contributed by atoms with Gasteiger partial charge in [-0.25, -0.2) is 0 Å². The van der Waals surface area contributed by atoms with Crippen LogP contribution in [0.25, 0.3) is 22.3 Å². The van der Waals surface area contributed by atoms with Crippen molar-refractivity contribution in [3.63, 3.8) is 0 Å². The number of hydrogen-bond donors (Lipinski definition) is 2. The van der Waals surface area contributed by atoms with Gasteiger partial charge in [-0.05, 0) is 126 Å². The van der Waals surface area contributed by atoms with Gasteiger partial charge in [-0.2, -0.15) is 10.1 Å². The van der Waals surface area contributed by atoms with Crippen LogP contribution >= 0.6 is 11.6 Å². The van der Waals surface area contributed by atoms with E-state index < -0.39 is 0 Å². The summed E-state index contributed by atoms with van der Waals surface area (Å²) in [6, 6.07) is 37.5. The number of rotatable bonds is 20. The Morgan fingerprint density at radius 2 is 1.10 bits per heavy atom. The molecule has 0 spiro atoms. The Labute approximate surface area is 367 Å². The van der Waals surface area contributed by atoms with Crippen molar-refractivity contribution in [2.45, 2.75) is 67.2 Å². The number of halogens is 1. The van der Waals surface area contributed by atoms with Crippen molar-refractivity contribution in [3.8, 4) is 11.5 Å². The second kappa shape index (κ2) is 30.1. The monoisotopic (exact) mass is 832 g/mol. The predicted octanol–water partition coefficient (Wildman–Crippen LogP) is 14.1. The summed E-state index contributed by atoms with van der Waals surface area (Å²) < 4.78 is 11.4. The van der Waals surface area contributed by atoms with E-state index in [0.717, 1.165) is 52.9 Å². The predicted molar refractivity (Wildman–Crippen MR) is 258 cm³/mol. The van der Waals surface area contributed by atoms with Crippen LogP contribution in [0.3, 0.4) is 0 Å². The molecular formula is C53H69ClN2O4. The average molecular weight is 834 g/mol. The molecule has 4 aromatic rings. The molecular weight excluding hydrogens is 764 g/mol. The van der Waals surface area contributed by atoms with E-state index in [1.165, 1.54) is 50.1 Å². The molecule has 0 amide bonds. The van der Waals surface area contributed by atoms with E-state index in [1.807, 2.05) is 37.3 Å². The summed E-state index contributed by atoms with van der Waals surface area (Å²) in [5, 5.41) is 20.7. The Morgan fingerprint density at radius 1 is 0.650 bits per heavy atom. The minimum atomic E-state index is 0.435. The molecule has 0 aliphatic heterocycles. The van der Waals surface area contributed by atoms with E-state index in [9.17, 15) is 10.4 Å². The fourth-order valence-corrected chi connectivity index (χ4v) is 6.56. The Balaban J connectivity index is 0.000000390. The van der Waals surface area contributed by atoms with Crippen LogP contribution in [0.15, 0.2) is 157 Å². The second-order valence-electron chi connectivity index (χ2n) is 14.0. The van der Waals surface area contributed by atoms with Crippen LogP contribution in [0.5, 0.6) is 11.5 Å². The lowest BCUT2D eigenvalue weighted by molar-refractivity contribution is -0.0716. The van der Waals surface area contributed by atoms with Crippen LogP contribution in [0.4, 0.5) is 0 Å². The van der Waals surface area contributed by atoms with Gasteiger partial charge in [0.25, 0.3) is 0 Å². The maximum absolute atomic E-state index is 9.26. The van der Waals surface area contributed by atoms with E-state index in [1.54, 1.807) is 20.2 Å². The summed E-state index contributed by atoms with van der Waals surface area (Å²) in [6.45, 7) is 17.8. The summed E-state index contributed by atoms with van der Waals surface area (Å²) >= 11 is 6.14. The first-order chi connectivity index (χ1) is 29.1. The van der Waals surface area contributed by atoms with Crippen molar-refractivity contribution in [1.29, 1.82) is 0 Å². The van der Waals surface area contributed by atoms with Gasteiger partial charge < -0.3 is 19.9 Å². The van der Waals surface area contributed by atoms with E-state index >= 15 is 0 Å². The standard InChI is InChI=1S/C27H35NO2.C23H28ClNO2.C3H6/c1-5-8-10-13-22(6-2)27(26(7-3)23-14-11-9-12-15-23)24-16-18-25(19-17-24)30-21-20-28(4)29;1-4-18(2)23(22(14-15-24)19-8-6-5-7-9-19)20-10-12-21(13-11-20)27-17-16-25(3)26;1-3-2/h8-19,29H,5-7,20-21H2,1-4H3;4-13,26H,14-17H2,1-3H3;3H,1H2,2H3/b10-8-,22-13+,27-26-;18-4+,23-22-;. The van der Waals surface area contributed by atoms with Gasteiger partial charge in [-0.1, -0.05) is 136 Å². The summed E-state index contributed by atoms with van der Waals surface area (Å²) in [6.07, 6.45) is 14.2. The number of ether oxygens (including phenoxy) is 2. The molecule has 0 saturated heterocycles. The van der Waals surface area contributed by atoms with Crippen molar-refractivity contribution in [2.75, 3.05) is 46.3 Å². The summed E-state index contributed by atoms with van der Waals surface area (Å²) in [5.74, 6) is 2.17. The Hall–Kier alpha value is -4.95. The Kier molecular flexibility index (Phi) is 25.7.